The minimum Gasteiger partial charge on any atom is -0.310 e. The molecule has 0 aromatic heterocycles. The molecule has 0 N–H and O–H groups in total. The predicted molar refractivity (Wildman–Crippen MR) is 259 cm³/mol. The molecule has 0 heterocycles. The summed E-state index contributed by atoms with van der Waals surface area (Å²) in [6.45, 7) is 4.91. The van der Waals surface area contributed by atoms with E-state index in [1.807, 2.05) is 0 Å². The molecule has 1 nitrogen and oxygen atoms in total. The van der Waals surface area contributed by atoms with E-state index in [9.17, 15) is 0 Å². The average molecular weight is 814 g/mol. The van der Waals surface area contributed by atoms with Gasteiger partial charge in [-0.1, -0.05) is 123 Å². The minimum absolute atomic E-state index is 0.144. The Hall–Kier alpha value is -5.66. The molecule has 16 rings (SSSR count). The van der Waals surface area contributed by atoms with Crippen LogP contribution in [-0.4, -0.2) is 0 Å². The maximum absolute atomic E-state index is 2.60. The van der Waals surface area contributed by atoms with Crippen LogP contribution in [0.15, 0.2) is 152 Å². The largest absolute Gasteiger partial charge is 0.310 e. The van der Waals surface area contributed by atoms with E-state index in [-0.39, 0.29) is 16.2 Å². The van der Waals surface area contributed by atoms with E-state index >= 15 is 0 Å². The van der Waals surface area contributed by atoms with E-state index in [2.05, 4.69) is 170 Å². The van der Waals surface area contributed by atoms with Gasteiger partial charge in [0.05, 0.1) is 0 Å². The number of nitrogens with zero attached hydrogens (tertiary/aromatic N) is 1. The highest BCUT2D eigenvalue weighted by molar-refractivity contribution is 5.91. The zero-order valence-corrected chi connectivity index (χ0v) is 36.7. The lowest BCUT2D eigenvalue weighted by Gasteiger charge is -2.61. The molecule has 6 fully saturated rings. The molecule has 0 amide bonds. The number of para-hydroxylation sites is 1. The monoisotopic (exact) mass is 813 g/mol. The van der Waals surface area contributed by atoms with Gasteiger partial charge in [0.25, 0.3) is 0 Å². The van der Waals surface area contributed by atoms with Crippen LogP contribution in [0.5, 0.6) is 0 Å². The van der Waals surface area contributed by atoms with Gasteiger partial charge in [-0.2, -0.15) is 0 Å². The summed E-state index contributed by atoms with van der Waals surface area (Å²) in [4.78, 5) is 2.54. The molecule has 63 heavy (non-hydrogen) atoms. The van der Waals surface area contributed by atoms with Crippen LogP contribution in [0.25, 0.3) is 44.5 Å². The fourth-order valence-electron chi connectivity index (χ4n) is 16.9. The first kappa shape index (κ1) is 35.8. The lowest BCUT2D eigenvalue weighted by molar-refractivity contribution is -0.0399. The summed E-state index contributed by atoms with van der Waals surface area (Å²) in [6.07, 6.45) is 12.6. The molecule has 3 atom stereocenters. The van der Waals surface area contributed by atoms with Crippen molar-refractivity contribution in [1.82, 2.24) is 0 Å². The van der Waals surface area contributed by atoms with Crippen LogP contribution in [0, 0.1) is 35.5 Å². The summed E-state index contributed by atoms with van der Waals surface area (Å²) in [7, 11) is 0. The van der Waals surface area contributed by atoms with Crippen LogP contribution in [0.2, 0.25) is 0 Å². The zero-order valence-electron chi connectivity index (χ0n) is 36.7. The third kappa shape index (κ3) is 4.50. The van der Waals surface area contributed by atoms with Gasteiger partial charge in [0.15, 0.2) is 0 Å². The lowest BCUT2D eigenvalue weighted by atomic mass is 9.43. The average Bonchev–Trinajstić information content (AvgIpc) is 4.11. The summed E-state index contributed by atoms with van der Waals surface area (Å²) in [5.74, 6) is 5.09. The van der Waals surface area contributed by atoms with Gasteiger partial charge in [-0.25, -0.2) is 0 Å². The number of fused-ring (bicyclic) bond motifs is 14. The SMILES string of the molecule is CC1(C)c2cc(-c3ccc4c(c3)-c3ccccc3C43C4CC5CC(C4)CC3C5)ccc2-c2ccc(N(c3ccccc3)c3ccc4c(c3)C3(CC5CCC3C5)c3ccccc3-4)cc21. The molecule has 1 heteroatoms. The van der Waals surface area contributed by atoms with E-state index in [4.69, 9.17) is 0 Å². The Morgan fingerprint density at radius 3 is 1.62 bits per heavy atom. The topological polar surface area (TPSA) is 3.24 Å². The first-order valence-corrected chi connectivity index (χ1v) is 24.5. The second-order valence-electron chi connectivity index (χ2n) is 22.1. The van der Waals surface area contributed by atoms with Crippen LogP contribution in [0.1, 0.15) is 105 Å². The van der Waals surface area contributed by atoms with Gasteiger partial charge in [0.1, 0.15) is 0 Å². The van der Waals surface area contributed by atoms with E-state index in [0.717, 1.165) is 35.5 Å². The smallest absolute Gasteiger partial charge is 0.0465 e. The van der Waals surface area contributed by atoms with Crippen molar-refractivity contribution in [2.24, 2.45) is 35.5 Å². The molecule has 308 valence electrons. The van der Waals surface area contributed by atoms with Gasteiger partial charge >= 0.3 is 0 Å². The first-order chi connectivity index (χ1) is 30.9. The van der Waals surface area contributed by atoms with Gasteiger partial charge in [0, 0.05) is 33.3 Å². The minimum atomic E-state index is -0.153. The van der Waals surface area contributed by atoms with E-state index < -0.39 is 0 Å². The molecule has 6 saturated carbocycles. The molecule has 0 saturated heterocycles. The van der Waals surface area contributed by atoms with Gasteiger partial charge in [-0.15, -0.1) is 0 Å². The van der Waals surface area contributed by atoms with Gasteiger partial charge in [0.2, 0.25) is 0 Å². The molecular weight excluding hydrogens is 759 g/mol. The summed E-state index contributed by atoms with van der Waals surface area (Å²) in [6, 6.07) is 59.8. The van der Waals surface area contributed by atoms with Crippen molar-refractivity contribution in [2.45, 2.75) is 87.9 Å². The van der Waals surface area contributed by atoms with Crippen molar-refractivity contribution in [2.75, 3.05) is 4.90 Å². The third-order valence-corrected chi connectivity index (χ3v) is 19.1. The fraction of sp³-hybridized carbons (Fsp3) is 0.323. The van der Waals surface area contributed by atoms with Crippen molar-refractivity contribution < 1.29 is 0 Å². The van der Waals surface area contributed by atoms with Crippen LogP contribution in [-0.2, 0) is 16.2 Å². The predicted octanol–water partition coefficient (Wildman–Crippen LogP) is 15.9. The van der Waals surface area contributed by atoms with Gasteiger partial charge in [-0.3, -0.25) is 0 Å². The van der Waals surface area contributed by atoms with Crippen LogP contribution in [0.4, 0.5) is 17.1 Å². The molecule has 7 aromatic carbocycles. The van der Waals surface area contributed by atoms with Crippen molar-refractivity contribution in [1.29, 1.82) is 0 Å². The quantitative estimate of drug-likeness (QED) is 0.171. The van der Waals surface area contributed by atoms with Crippen LogP contribution in [0.3, 0.4) is 0 Å². The Balaban J connectivity index is 0.818. The second kappa shape index (κ2) is 12.3. The summed E-state index contributed by atoms with van der Waals surface area (Å²) in [5, 5.41) is 0. The highest BCUT2D eigenvalue weighted by Gasteiger charge is 2.62. The Morgan fingerprint density at radius 2 is 0.921 bits per heavy atom. The Labute approximate surface area is 373 Å². The highest BCUT2D eigenvalue weighted by atomic mass is 15.1. The number of anilines is 3. The van der Waals surface area contributed by atoms with Crippen molar-refractivity contribution in [3.8, 4) is 44.5 Å². The van der Waals surface area contributed by atoms with Crippen LogP contribution >= 0.6 is 0 Å². The number of benzene rings is 7. The molecular formula is C62H55N. The Bertz CT molecular complexity index is 3070. The summed E-state index contributed by atoms with van der Waals surface area (Å²) in [5.41, 5.74) is 24.6. The standard InChI is InChI=1S/C62H55N/c1-60(2)57-33-41(40-18-25-56-53(32-40)49-13-7-9-15-55(49)62(56)43-28-38-26-39(30-43)31-44(62)29-38)17-22-50(57)51-23-20-46(34-58(51)60)63(45-10-4-3-5-11-45)47-21-24-52-48-12-6-8-14-54(48)61(59(52)35-47)36-37-16-19-42(61)27-37/h3-15,17-18,20-25,32-35,37-39,42-44H,16,19,26-31,36H2,1-2H3. The van der Waals surface area contributed by atoms with E-state index in [1.54, 1.807) is 22.3 Å². The van der Waals surface area contributed by atoms with Crippen molar-refractivity contribution in [3.05, 3.63) is 185 Å². The number of rotatable bonds is 4. The lowest BCUT2D eigenvalue weighted by Crippen LogP contribution is -2.55. The summed E-state index contributed by atoms with van der Waals surface area (Å²) >= 11 is 0. The van der Waals surface area contributed by atoms with E-state index in [1.165, 1.54) is 130 Å². The fourth-order valence-corrected chi connectivity index (χ4v) is 16.9. The molecule has 0 radical (unpaired) electrons. The van der Waals surface area contributed by atoms with E-state index in [0.29, 0.717) is 0 Å². The molecule has 6 bridgehead atoms. The molecule has 7 aromatic rings. The second-order valence-corrected chi connectivity index (χ2v) is 22.1. The first-order valence-electron chi connectivity index (χ1n) is 24.5. The maximum Gasteiger partial charge on any atom is 0.0465 e. The normalized spacial score (nSPS) is 29.7. The maximum atomic E-state index is 2.60. The molecule has 9 aliphatic carbocycles. The molecule has 2 spiro atoms. The molecule has 0 aliphatic heterocycles. The molecule has 3 unspecified atom stereocenters. The molecule has 9 aliphatic rings. The number of hydrogen-bond acceptors (Lipinski definition) is 1. The Morgan fingerprint density at radius 1 is 0.381 bits per heavy atom. The van der Waals surface area contributed by atoms with Crippen LogP contribution < -0.4 is 4.90 Å². The zero-order chi connectivity index (χ0) is 41.4. The Kier molecular flexibility index (Phi) is 6.99. The highest BCUT2D eigenvalue weighted by Crippen LogP contribution is 2.70. The van der Waals surface area contributed by atoms with Gasteiger partial charge < -0.3 is 4.90 Å². The van der Waals surface area contributed by atoms with Crippen molar-refractivity contribution >= 4 is 17.1 Å². The number of hydrogen-bond donors (Lipinski definition) is 0. The summed E-state index contributed by atoms with van der Waals surface area (Å²) < 4.78 is 0. The van der Waals surface area contributed by atoms with Gasteiger partial charge in [-0.05, 0) is 213 Å². The third-order valence-electron chi connectivity index (χ3n) is 19.1. The van der Waals surface area contributed by atoms with Crippen molar-refractivity contribution in [3.63, 3.8) is 0 Å².